The quantitative estimate of drug-likeness (QED) is 0.323. The molecule has 0 aliphatic heterocycles. The first kappa shape index (κ1) is 22.0. The highest BCUT2D eigenvalue weighted by Crippen LogP contribution is 2.54. The number of halogens is 7. The van der Waals surface area contributed by atoms with Crippen LogP contribution in [0.15, 0.2) is 35.3 Å². The van der Waals surface area contributed by atoms with E-state index in [9.17, 15) is 35.9 Å². The Hall–Kier alpha value is -2.69. The van der Waals surface area contributed by atoms with Crippen molar-refractivity contribution in [1.82, 2.24) is 8.97 Å². The van der Waals surface area contributed by atoms with Gasteiger partial charge in [0.25, 0.3) is 5.56 Å². The van der Waals surface area contributed by atoms with E-state index in [1.54, 1.807) is 0 Å². The molecular weight excluding hydrogens is 442 g/mol. The number of fused-ring (bicyclic) bond motifs is 3. The maximum absolute atomic E-state index is 14.9. The highest BCUT2D eigenvalue weighted by Gasteiger charge is 2.73. The molecule has 0 radical (unpaired) electrons. The van der Waals surface area contributed by atoms with Crippen LogP contribution in [0.1, 0.15) is 22.8 Å². The third-order valence-corrected chi connectivity index (χ3v) is 4.81. The van der Waals surface area contributed by atoms with Crippen molar-refractivity contribution in [3.63, 3.8) is 0 Å². The molecule has 12 heteroatoms. The van der Waals surface area contributed by atoms with E-state index in [-0.39, 0.29) is 17.6 Å². The van der Waals surface area contributed by atoms with Gasteiger partial charge in [-0.3, -0.25) is 4.79 Å². The van der Waals surface area contributed by atoms with Gasteiger partial charge in [-0.1, -0.05) is 12.1 Å². The van der Waals surface area contributed by atoms with E-state index in [1.807, 2.05) is 0 Å². The molecule has 3 rings (SSSR count). The second-order valence-electron chi connectivity index (χ2n) is 6.36. The summed E-state index contributed by atoms with van der Waals surface area (Å²) in [5.41, 5.74) is -5.04. The van der Waals surface area contributed by atoms with Gasteiger partial charge in [0.1, 0.15) is 5.52 Å². The molecule has 3 aromatic rings. The summed E-state index contributed by atoms with van der Waals surface area (Å²) in [5, 5.41) is -5.68. The minimum atomic E-state index is -6.14. The molecule has 162 valence electrons. The van der Waals surface area contributed by atoms with Gasteiger partial charge in [-0.25, -0.2) is 4.79 Å². The van der Waals surface area contributed by atoms with Gasteiger partial charge in [0, 0.05) is 13.2 Å². The number of carbonyl (C=O) groups is 1. The summed E-state index contributed by atoms with van der Waals surface area (Å²) in [6.07, 6.45) is 0.683. The van der Waals surface area contributed by atoms with Crippen LogP contribution in [-0.4, -0.2) is 32.8 Å². The molecule has 0 spiro atoms. The minimum absolute atomic E-state index is 0.0862. The molecule has 0 aliphatic rings. The van der Waals surface area contributed by atoms with Gasteiger partial charge in [0.2, 0.25) is 0 Å². The Morgan fingerprint density at radius 2 is 1.67 bits per heavy atom. The molecule has 0 aliphatic carbocycles. The van der Waals surface area contributed by atoms with E-state index in [2.05, 4.69) is 16.3 Å². The normalized spacial score (nSPS) is 13.2. The molecule has 0 amide bonds. The Kier molecular flexibility index (Phi) is 5.08. The van der Waals surface area contributed by atoms with Crippen molar-refractivity contribution in [2.24, 2.45) is 7.05 Å². The Morgan fingerprint density at radius 3 is 2.20 bits per heavy atom. The van der Waals surface area contributed by atoms with E-state index in [4.69, 9.17) is 0 Å². The van der Waals surface area contributed by atoms with Gasteiger partial charge in [-0.15, -0.1) is 0 Å². The lowest BCUT2D eigenvalue weighted by Crippen LogP contribution is -2.50. The summed E-state index contributed by atoms with van der Waals surface area (Å²) < 4.78 is 90.6. The van der Waals surface area contributed by atoms with Crippen LogP contribution in [0.3, 0.4) is 0 Å². The van der Waals surface area contributed by atoms with Gasteiger partial charge in [-0.05, 0) is 30.7 Å². The van der Waals surface area contributed by atoms with Crippen molar-refractivity contribution in [2.75, 3.05) is 6.61 Å². The number of benzene rings is 1. The number of aromatic nitrogens is 2. The molecule has 0 N–H and O–H groups in total. The number of para-hydroxylation sites is 2. The maximum atomic E-state index is 14.9. The van der Waals surface area contributed by atoms with Crippen molar-refractivity contribution >= 4 is 34.1 Å². The van der Waals surface area contributed by atoms with Crippen molar-refractivity contribution < 1.29 is 35.9 Å². The number of hydrogen-bond donors (Lipinski definition) is 0. The highest BCUT2D eigenvalue weighted by molar-refractivity contribution is 6.22. The lowest BCUT2D eigenvalue weighted by Gasteiger charge is -2.29. The van der Waals surface area contributed by atoms with Crippen LogP contribution < -0.4 is 5.56 Å². The topological polar surface area (TPSA) is 52.7 Å². The number of alkyl halides is 7. The molecule has 5 nitrogen and oxygen atoms in total. The van der Waals surface area contributed by atoms with Gasteiger partial charge in [0.15, 0.2) is 0 Å². The van der Waals surface area contributed by atoms with E-state index < -0.39 is 45.4 Å². The summed E-state index contributed by atoms with van der Waals surface area (Å²) >= 11 is 4.27. The number of rotatable bonds is 5. The standard InChI is InChI=1S/C18H13ClF6N2O3/c1-3-30-15(29)9-8-27-11-7-5-4-6-10(11)26(2)14(28)13(27)12(9)16(20,21)17(22,23)18(19,24)25/h4-8H,3H2,1-2H3. The molecule has 0 atom stereocenters. The predicted molar refractivity (Wildman–Crippen MR) is 95.7 cm³/mol. The fraction of sp³-hybridized carbons (Fsp3) is 0.333. The number of carbonyl (C=O) groups excluding carboxylic acids is 1. The molecule has 0 bridgehead atoms. The van der Waals surface area contributed by atoms with Crippen LogP contribution >= 0.6 is 11.6 Å². The Morgan fingerprint density at radius 1 is 1.10 bits per heavy atom. The molecule has 0 unspecified atom stereocenters. The number of hydrogen-bond acceptors (Lipinski definition) is 3. The first-order chi connectivity index (χ1) is 13.8. The third kappa shape index (κ3) is 2.94. The van der Waals surface area contributed by atoms with Crippen LogP contribution in [0.2, 0.25) is 0 Å². The first-order valence-corrected chi connectivity index (χ1v) is 8.77. The lowest BCUT2D eigenvalue weighted by molar-refractivity contribution is -0.285. The van der Waals surface area contributed by atoms with Gasteiger partial charge >= 0.3 is 23.2 Å². The fourth-order valence-electron chi connectivity index (χ4n) is 3.14. The highest BCUT2D eigenvalue weighted by atomic mass is 35.5. The minimum Gasteiger partial charge on any atom is -0.462 e. The smallest absolute Gasteiger partial charge is 0.390 e. The second-order valence-corrected chi connectivity index (χ2v) is 6.83. The molecule has 2 heterocycles. The number of ether oxygens (including phenoxy) is 1. The molecule has 0 fully saturated rings. The predicted octanol–water partition coefficient (Wildman–Crippen LogP) is 4.53. The Labute approximate surface area is 169 Å². The molecule has 0 saturated carbocycles. The third-order valence-electron chi connectivity index (χ3n) is 4.57. The van der Waals surface area contributed by atoms with Crippen molar-refractivity contribution in [3.8, 4) is 0 Å². The first-order valence-electron chi connectivity index (χ1n) is 8.40. The molecule has 2 aromatic heterocycles. The molecule has 30 heavy (non-hydrogen) atoms. The van der Waals surface area contributed by atoms with E-state index in [0.717, 1.165) is 8.97 Å². The van der Waals surface area contributed by atoms with Crippen molar-refractivity contribution in [1.29, 1.82) is 0 Å². The van der Waals surface area contributed by atoms with Crippen LogP contribution in [-0.2, 0) is 17.7 Å². The monoisotopic (exact) mass is 454 g/mol. The SMILES string of the molecule is CCOC(=O)c1cn2c(c1C(F)(F)C(F)(F)C(F)(F)Cl)c(=O)n(C)c1ccccc12. The number of aryl methyl sites for hydroxylation is 1. The zero-order chi connectivity index (χ0) is 22.6. The molecule has 1 aromatic carbocycles. The average molecular weight is 455 g/mol. The summed E-state index contributed by atoms with van der Waals surface area (Å²) in [4.78, 5) is 25.0. The van der Waals surface area contributed by atoms with Gasteiger partial charge in [0.05, 0.1) is 28.8 Å². The van der Waals surface area contributed by atoms with Crippen LogP contribution in [0.25, 0.3) is 16.6 Å². The summed E-state index contributed by atoms with van der Waals surface area (Å²) in [5.74, 6) is -13.3. The summed E-state index contributed by atoms with van der Waals surface area (Å²) in [7, 11) is 1.18. The van der Waals surface area contributed by atoms with E-state index in [1.165, 1.54) is 38.2 Å². The van der Waals surface area contributed by atoms with Crippen LogP contribution in [0, 0.1) is 0 Å². The fourth-order valence-corrected chi connectivity index (χ4v) is 3.26. The van der Waals surface area contributed by atoms with Crippen LogP contribution in [0.4, 0.5) is 26.3 Å². The summed E-state index contributed by atoms with van der Waals surface area (Å²) in [6.45, 7) is 0.998. The zero-order valence-corrected chi connectivity index (χ0v) is 16.1. The van der Waals surface area contributed by atoms with Gasteiger partial charge in [-0.2, -0.15) is 26.3 Å². The lowest BCUT2D eigenvalue weighted by atomic mass is 9.99. The van der Waals surface area contributed by atoms with E-state index >= 15 is 0 Å². The maximum Gasteiger partial charge on any atom is 0.390 e. The Bertz CT molecular complexity index is 1210. The Balaban J connectivity index is 2.56. The van der Waals surface area contributed by atoms with Crippen molar-refractivity contribution in [3.05, 3.63) is 51.9 Å². The van der Waals surface area contributed by atoms with E-state index in [0.29, 0.717) is 6.20 Å². The molecular formula is C18H13ClF6N2O3. The number of esters is 1. The summed E-state index contributed by atoms with van der Waals surface area (Å²) in [6, 6.07) is 5.81. The zero-order valence-electron chi connectivity index (χ0n) is 15.4. The number of nitrogens with zero attached hydrogens (tertiary/aromatic N) is 2. The largest absolute Gasteiger partial charge is 0.462 e. The second kappa shape index (κ2) is 6.93. The molecule has 0 saturated heterocycles. The van der Waals surface area contributed by atoms with Crippen molar-refractivity contribution in [2.45, 2.75) is 24.2 Å². The average Bonchev–Trinajstić information content (AvgIpc) is 3.07. The van der Waals surface area contributed by atoms with Crippen LogP contribution in [0.5, 0.6) is 0 Å². The van der Waals surface area contributed by atoms with Gasteiger partial charge < -0.3 is 13.7 Å².